The first-order valence-corrected chi connectivity index (χ1v) is 7.93. The van der Waals surface area contributed by atoms with Crippen LogP contribution in [0.1, 0.15) is 74.7 Å². The summed E-state index contributed by atoms with van der Waals surface area (Å²) in [4.78, 5) is 0. The van der Waals surface area contributed by atoms with E-state index in [0.717, 1.165) is 35.3 Å². The summed E-state index contributed by atoms with van der Waals surface area (Å²) < 4.78 is 5.36. The van der Waals surface area contributed by atoms with Crippen LogP contribution in [-0.2, 0) is 0 Å². The summed E-state index contributed by atoms with van der Waals surface area (Å²) in [5.41, 5.74) is 3.23. The summed E-state index contributed by atoms with van der Waals surface area (Å²) in [5, 5.41) is 10.3. The summed E-state index contributed by atoms with van der Waals surface area (Å²) >= 11 is 0. The number of aliphatic hydroxyl groups is 1. The molecule has 0 amide bonds. The van der Waals surface area contributed by atoms with E-state index in [-0.39, 0.29) is 6.10 Å². The van der Waals surface area contributed by atoms with Crippen molar-refractivity contribution in [3.8, 4) is 5.75 Å². The molecule has 0 saturated heterocycles. The highest BCUT2D eigenvalue weighted by Crippen LogP contribution is 2.29. The Bertz CT molecular complexity index is 375. The van der Waals surface area contributed by atoms with Gasteiger partial charge >= 0.3 is 0 Å². The average Bonchev–Trinajstić information content (AvgIpc) is 2.42. The molecule has 2 nitrogen and oxygen atoms in total. The molecule has 0 saturated carbocycles. The topological polar surface area (TPSA) is 29.5 Å². The summed E-state index contributed by atoms with van der Waals surface area (Å²) in [6.45, 7) is 6.30. The van der Waals surface area contributed by atoms with Crippen LogP contribution in [0.25, 0.3) is 0 Å². The number of unbranched alkanes of at least 4 members (excludes halogenated alkanes) is 5. The third-order valence-corrected chi connectivity index (χ3v) is 3.90. The minimum Gasteiger partial charge on any atom is -0.496 e. The second-order valence-electron chi connectivity index (χ2n) is 5.76. The number of hydrogen-bond acceptors (Lipinski definition) is 2. The van der Waals surface area contributed by atoms with Gasteiger partial charge in [0.2, 0.25) is 0 Å². The normalized spacial score (nSPS) is 12.4. The van der Waals surface area contributed by atoms with Gasteiger partial charge in [0.15, 0.2) is 0 Å². The zero-order valence-corrected chi connectivity index (χ0v) is 13.5. The van der Waals surface area contributed by atoms with Crippen molar-refractivity contribution in [1.82, 2.24) is 0 Å². The Balaban J connectivity index is 2.45. The van der Waals surface area contributed by atoms with Crippen molar-refractivity contribution in [2.45, 2.75) is 71.8 Å². The molecule has 1 atom stereocenters. The van der Waals surface area contributed by atoms with E-state index < -0.39 is 0 Å². The SMILES string of the molecule is CCCCCCCCC(O)c1cc(C)c(OC)c(C)c1. The van der Waals surface area contributed by atoms with E-state index in [2.05, 4.69) is 6.92 Å². The summed E-state index contributed by atoms with van der Waals surface area (Å²) in [6.07, 6.45) is 8.09. The van der Waals surface area contributed by atoms with Crippen LogP contribution in [0, 0.1) is 13.8 Å². The molecule has 20 heavy (non-hydrogen) atoms. The molecule has 0 spiro atoms. The quantitative estimate of drug-likeness (QED) is 0.637. The van der Waals surface area contributed by atoms with Crippen molar-refractivity contribution in [1.29, 1.82) is 0 Å². The van der Waals surface area contributed by atoms with Gasteiger partial charge in [-0.3, -0.25) is 0 Å². The van der Waals surface area contributed by atoms with Crippen LogP contribution in [0.4, 0.5) is 0 Å². The first-order chi connectivity index (χ1) is 9.60. The van der Waals surface area contributed by atoms with Gasteiger partial charge in [0.1, 0.15) is 5.75 Å². The van der Waals surface area contributed by atoms with Crippen LogP contribution >= 0.6 is 0 Å². The smallest absolute Gasteiger partial charge is 0.124 e. The molecule has 1 rings (SSSR count). The Morgan fingerprint density at radius 3 is 2.10 bits per heavy atom. The van der Waals surface area contributed by atoms with Gasteiger partial charge in [0.25, 0.3) is 0 Å². The van der Waals surface area contributed by atoms with Crippen LogP contribution in [0.3, 0.4) is 0 Å². The summed E-state index contributed by atoms with van der Waals surface area (Å²) in [7, 11) is 1.70. The minimum atomic E-state index is -0.343. The maximum Gasteiger partial charge on any atom is 0.124 e. The zero-order chi connectivity index (χ0) is 15.0. The Kier molecular flexibility index (Phi) is 7.68. The van der Waals surface area contributed by atoms with Crippen molar-refractivity contribution in [2.24, 2.45) is 0 Å². The van der Waals surface area contributed by atoms with Gasteiger partial charge in [0.05, 0.1) is 13.2 Å². The molecule has 0 fully saturated rings. The van der Waals surface area contributed by atoms with Gasteiger partial charge in [-0.05, 0) is 49.1 Å². The van der Waals surface area contributed by atoms with E-state index in [1.807, 2.05) is 26.0 Å². The first kappa shape index (κ1) is 17.0. The van der Waals surface area contributed by atoms with Gasteiger partial charge in [-0.1, -0.05) is 45.4 Å². The molecule has 0 radical (unpaired) electrons. The second-order valence-corrected chi connectivity index (χ2v) is 5.76. The number of rotatable bonds is 9. The number of ether oxygens (including phenoxy) is 1. The fourth-order valence-electron chi connectivity index (χ4n) is 2.78. The van der Waals surface area contributed by atoms with Gasteiger partial charge in [0, 0.05) is 0 Å². The lowest BCUT2D eigenvalue weighted by Gasteiger charge is -2.15. The number of aryl methyl sites for hydroxylation is 2. The Morgan fingerprint density at radius 1 is 1.00 bits per heavy atom. The molecule has 1 N–H and O–H groups in total. The molecular formula is C18H30O2. The lowest BCUT2D eigenvalue weighted by Crippen LogP contribution is -2.01. The second kappa shape index (κ2) is 9.02. The number of methoxy groups -OCH3 is 1. The molecule has 0 bridgehead atoms. The third kappa shape index (κ3) is 5.16. The third-order valence-electron chi connectivity index (χ3n) is 3.90. The number of benzene rings is 1. The molecule has 0 aliphatic heterocycles. The number of hydrogen-bond donors (Lipinski definition) is 1. The molecule has 1 unspecified atom stereocenters. The fourth-order valence-corrected chi connectivity index (χ4v) is 2.78. The van der Waals surface area contributed by atoms with E-state index in [0.29, 0.717) is 0 Å². The molecule has 0 aliphatic rings. The van der Waals surface area contributed by atoms with E-state index in [4.69, 9.17) is 4.74 Å². The predicted octanol–water partition coefficient (Wildman–Crippen LogP) is 5.10. The van der Waals surface area contributed by atoms with Crippen LogP contribution in [0.2, 0.25) is 0 Å². The molecule has 1 aromatic rings. The van der Waals surface area contributed by atoms with Crippen LogP contribution in [0.5, 0.6) is 5.75 Å². The molecule has 114 valence electrons. The van der Waals surface area contributed by atoms with Crippen molar-refractivity contribution in [3.05, 3.63) is 28.8 Å². The largest absolute Gasteiger partial charge is 0.496 e. The van der Waals surface area contributed by atoms with E-state index >= 15 is 0 Å². The van der Waals surface area contributed by atoms with E-state index in [9.17, 15) is 5.11 Å². The van der Waals surface area contributed by atoms with E-state index in [1.165, 1.54) is 32.1 Å². The molecule has 0 heterocycles. The highest BCUT2D eigenvalue weighted by Gasteiger charge is 2.11. The lowest BCUT2D eigenvalue weighted by atomic mass is 9.98. The monoisotopic (exact) mass is 278 g/mol. The molecular weight excluding hydrogens is 248 g/mol. The average molecular weight is 278 g/mol. The maximum atomic E-state index is 10.3. The van der Waals surface area contributed by atoms with Crippen molar-refractivity contribution in [2.75, 3.05) is 7.11 Å². The maximum absolute atomic E-state index is 10.3. The minimum absolute atomic E-state index is 0.343. The molecule has 0 aromatic heterocycles. The Morgan fingerprint density at radius 2 is 1.55 bits per heavy atom. The van der Waals surface area contributed by atoms with Crippen molar-refractivity contribution >= 4 is 0 Å². The summed E-state index contributed by atoms with van der Waals surface area (Å²) in [5.74, 6) is 0.931. The van der Waals surface area contributed by atoms with Crippen LogP contribution in [0.15, 0.2) is 12.1 Å². The predicted molar refractivity (Wildman–Crippen MR) is 85.4 cm³/mol. The summed E-state index contributed by atoms with van der Waals surface area (Å²) in [6, 6.07) is 4.10. The van der Waals surface area contributed by atoms with Crippen LogP contribution in [-0.4, -0.2) is 12.2 Å². The van der Waals surface area contributed by atoms with E-state index in [1.54, 1.807) is 7.11 Å². The highest BCUT2D eigenvalue weighted by atomic mass is 16.5. The fraction of sp³-hybridized carbons (Fsp3) is 0.667. The molecule has 2 heteroatoms. The Labute approximate surface area is 124 Å². The Hall–Kier alpha value is -1.02. The van der Waals surface area contributed by atoms with Gasteiger partial charge in [-0.2, -0.15) is 0 Å². The van der Waals surface area contributed by atoms with Gasteiger partial charge in [-0.15, -0.1) is 0 Å². The van der Waals surface area contributed by atoms with Gasteiger partial charge in [-0.25, -0.2) is 0 Å². The van der Waals surface area contributed by atoms with Crippen molar-refractivity contribution < 1.29 is 9.84 Å². The first-order valence-electron chi connectivity index (χ1n) is 7.93. The standard InChI is InChI=1S/C18H30O2/c1-5-6-7-8-9-10-11-17(19)16-12-14(2)18(20-4)15(3)13-16/h12-13,17,19H,5-11H2,1-4H3. The zero-order valence-electron chi connectivity index (χ0n) is 13.5. The van der Waals surface area contributed by atoms with Crippen molar-refractivity contribution in [3.63, 3.8) is 0 Å². The van der Waals surface area contributed by atoms with Gasteiger partial charge < -0.3 is 9.84 Å². The number of aliphatic hydroxyl groups excluding tert-OH is 1. The highest BCUT2D eigenvalue weighted by molar-refractivity contribution is 5.43. The molecule has 0 aliphatic carbocycles. The lowest BCUT2D eigenvalue weighted by molar-refractivity contribution is 0.163. The molecule has 1 aromatic carbocycles. The van der Waals surface area contributed by atoms with Crippen LogP contribution < -0.4 is 4.74 Å².